The van der Waals surface area contributed by atoms with E-state index in [-0.39, 0.29) is 34.4 Å². The Labute approximate surface area is 173 Å². The summed E-state index contributed by atoms with van der Waals surface area (Å²) in [7, 11) is 1.37. The van der Waals surface area contributed by atoms with Gasteiger partial charge in [0, 0.05) is 6.07 Å². The van der Waals surface area contributed by atoms with E-state index in [1.54, 1.807) is 37.3 Å². The van der Waals surface area contributed by atoms with Crippen molar-refractivity contribution in [2.75, 3.05) is 12.1 Å². The zero-order chi connectivity index (χ0) is 21.8. The number of nitro groups is 1. The van der Waals surface area contributed by atoms with Gasteiger partial charge in [-0.25, -0.2) is 5.01 Å². The van der Waals surface area contributed by atoms with Crippen LogP contribution in [-0.2, 0) is 9.59 Å². The molecule has 9 nitrogen and oxygen atoms in total. The van der Waals surface area contributed by atoms with Crippen LogP contribution in [0.4, 0.5) is 11.4 Å². The van der Waals surface area contributed by atoms with E-state index in [2.05, 4.69) is 5.43 Å². The Morgan fingerprint density at radius 3 is 2.53 bits per heavy atom. The molecule has 1 fully saturated rings. The minimum absolute atomic E-state index is 0.00659. The SMILES string of the molecule is CC[C@@H](C)Oc1c(OC)cc(/C=C2/C(=O)NN(c3ccccc3)C2=O)cc1[N+](=O)[O-]. The number of methoxy groups -OCH3 is 1. The molecule has 0 bridgehead atoms. The molecule has 30 heavy (non-hydrogen) atoms. The number of para-hydroxylation sites is 1. The number of nitrogens with zero attached hydrogens (tertiary/aromatic N) is 2. The molecule has 0 unspecified atom stereocenters. The van der Waals surface area contributed by atoms with Crippen molar-refractivity contribution in [3.63, 3.8) is 0 Å². The fraction of sp³-hybridized carbons (Fsp3) is 0.238. The fourth-order valence-electron chi connectivity index (χ4n) is 2.86. The Morgan fingerprint density at radius 1 is 1.23 bits per heavy atom. The molecular weight excluding hydrogens is 390 g/mol. The first-order chi connectivity index (χ1) is 14.3. The smallest absolute Gasteiger partial charge is 0.315 e. The third-order valence-electron chi connectivity index (χ3n) is 4.59. The highest BCUT2D eigenvalue weighted by Gasteiger charge is 2.34. The second kappa shape index (κ2) is 8.64. The zero-order valence-corrected chi connectivity index (χ0v) is 16.7. The van der Waals surface area contributed by atoms with E-state index in [9.17, 15) is 19.7 Å². The summed E-state index contributed by atoms with van der Waals surface area (Å²) >= 11 is 0. The third kappa shape index (κ3) is 4.09. The second-order valence-corrected chi connectivity index (χ2v) is 6.64. The van der Waals surface area contributed by atoms with Crippen molar-refractivity contribution < 1.29 is 24.0 Å². The van der Waals surface area contributed by atoms with Gasteiger partial charge in [0.1, 0.15) is 5.57 Å². The van der Waals surface area contributed by atoms with E-state index in [4.69, 9.17) is 9.47 Å². The molecule has 0 saturated carbocycles. The van der Waals surface area contributed by atoms with Crippen molar-refractivity contribution in [3.05, 3.63) is 63.7 Å². The Balaban J connectivity index is 2.02. The minimum Gasteiger partial charge on any atom is -0.493 e. The molecule has 2 aromatic rings. The average molecular weight is 411 g/mol. The molecule has 2 aromatic carbocycles. The summed E-state index contributed by atoms with van der Waals surface area (Å²) in [5.41, 5.74) is 2.80. The number of hydrogen-bond acceptors (Lipinski definition) is 6. The van der Waals surface area contributed by atoms with E-state index in [0.29, 0.717) is 12.1 Å². The average Bonchev–Trinajstić information content (AvgIpc) is 3.02. The summed E-state index contributed by atoms with van der Waals surface area (Å²) in [6.07, 6.45) is 1.68. The number of amides is 2. The van der Waals surface area contributed by atoms with Crippen molar-refractivity contribution in [1.29, 1.82) is 0 Å². The molecule has 1 heterocycles. The number of nitro benzene ring substituents is 1. The number of hydrazine groups is 1. The summed E-state index contributed by atoms with van der Waals surface area (Å²) in [5, 5.41) is 12.7. The van der Waals surface area contributed by atoms with Gasteiger partial charge in [-0.05, 0) is 43.2 Å². The maximum absolute atomic E-state index is 12.7. The fourth-order valence-corrected chi connectivity index (χ4v) is 2.86. The lowest BCUT2D eigenvalue weighted by molar-refractivity contribution is -0.386. The summed E-state index contributed by atoms with van der Waals surface area (Å²) in [6, 6.07) is 11.4. The zero-order valence-electron chi connectivity index (χ0n) is 16.7. The van der Waals surface area contributed by atoms with Gasteiger partial charge in [0.05, 0.1) is 23.8 Å². The van der Waals surface area contributed by atoms with Gasteiger partial charge in [-0.15, -0.1) is 0 Å². The van der Waals surface area contributed by atoms with Crippen LogP contribution in [0.25, 0.3) is 6.08 Å². The van der Waals surface area contributed by atoms with Gasteiger partial charge in [0.2, 0.25) is 5.75 Å². The number of rotatable bonds is 7. The molecular formula is C21H21N3O6. The number of ether oxygens (including phenoxy) is 2. The largest absolute Gasteiger partial charge is 0.493 e. The summed E-state index contributed by atoms with van der Waals surface area (Å²) < 4.78 is 11.0. The van der Waals surface area contributed by atoms with E-state index in [1.807, 2.05) is 6.92 Å². The first-order valence-electron chi connectivity index (χ1n) is 9.31. The number of anilines is 1. The maximum Gasteiger partial charge on any atom is 0.315 e. The predicted molar refractivity (Wildman–Crippen MR) is 110 cm³/mol. The first kappa shape index (κ1) is 20.8. The van der Waals surface area contributed by atoms with Gasteiger partial charge < -0.3 is 9.47 Å². The van der Waals surface area contributed by atoms with Crippen LogP contribution in [0.1, 0.15) is 25.8 Å². The molecule has 1 aliphatic heterocycles. The van der Waals surface area contributed by atoms with Crippen molar-refractivity contribution in [2.45, 2.75) is 26.4 Å². The van der Waals surface area contributed by atoms with E-state index >= 15 is 0 Å². The Hall–Kier alpha value is -3.88. The summed E-state index contributed by atoms with van der Waals surface area (Å²) in [4.78, 5) is 36.1. The minimum atomic E-state index is -0.606. The molecule has 3 rings (SSSR count). The van der Waals surface area contributed by atoms with Crippen LogP contribution in [0.3, 0.4) is 0 Å². The molecule has 1 saturated heterocycles. The lowest BCUT2D eigenvalue weighted by atomic mass is 10.1. The molecule has 9 heteroatoms. The van der Waals surface area contributed by atoms with Crippen molar-refractivity contribution in [1.82, 2.24) is 5.43 Å². The number of benzene rings is 2. The number of nitrogens with one attached hydrogen (secondary N) is 1. The molecule has 0 aliphatic carbocycles. The Morgan fingerprint density at radius 2 is 1.93 bits per heavy atom. The molecule has 1 atom stereocenters. The number of carbonyl (C=O) groups is 2. The van der Waals surface area contributed by atoms with Gasteiger partial charge in [-0.2, -0.15) is 0 Å². The highest BCUT2D eigenvalue weighted by atomic mass is 16.6. The van der Waals surface area contributed by atoms with E-state index in [1.165, 1.54) is 25.3 Å². The van der Waals surface area contributed by atoms with Gasteiger partial charge in [-0.1, -0.05) is 25.1 Å². The van der Waals surface area contributed by atoms with Crippen LogP contribution in [0.5, 0.6) is 11.5 Å². The van der Waals surface area contributed by atoms with Crippen molar-refractivity contribution in [3.8, 4) is 11.5 Å². The lowest BCUT2D eigenvalue weighted by Crippen LogP contribution is -2.35. The monoisotopic (exact) mass is 411 g/mol. The van der Waals surface area contributed by atoms with Crippen molar-refractivity contribution >= 4 is 29.3 Å². The number of hydrogen-bond donors (Lipinski definition) is 1. The predicted octanol–water partition coefficient (Wildman–Crippen LogP) is 3.24. The quantitative estimate of drug-likeness (QED) is 0.324. The third-order valence-corrected chi connectivity index (χ3v) is 4.59. The van der Waals surface area contributed by atoms with Crippen LogP contribution in [0, 0.1) is 10.1 Å². The molecule has 156 valence electrons. The number of carbonyl (C=O) groups excluding carboxylic acids is 2. The van der Waals surface area contributed by atoms with Gasteiger partial charge in [0.15, 0.2) is 5.75 Å². The molecule has 0 aromatic heterocycles. The molecule has 1 aliphatic rings. The Kier molecular flexibility index (Phi) is 6.01. The van der Waals surface area contributed by atoms with Gasteiger partial charge >= 0.3 is 5.69 Å². The summed E-state index contributed by atoms with van der Waals surface area (Å²) in [6.45, 7) is 3.68. The maximum atomic E-state index is 12.7. The first-order valence-corrected chi connectivity index (χ1v) is 9.31. The van der Waals surface area contributed by atoms with Crippen LogP contribution in [0.2, 0.25) is 0 Å². The van der Waals surface area contributed by atoms with Crippen LogP contribution >= 0.6 is 0 Å². The Bertz CT molecular complexity index is 1020. The highest BCUT2D eigenvalue weighted by Crippen LogP contribution is 2.40. The van der Waals surface area contributed by atoms with E-state index in [0.717, 1.165) is 5.01 Å². The lowest BCUT2D eigenvalue weighted by Gasteiger charge is -2.16. The van der Waals surface area contributed by atoms with Crippen molar-refractivity contribution in [2.24, 2.45) is 0 Å². The van der Waals surface area contributed by atoms with Crippen LogP contribution in [-0.4, -0.2) is 30.0 Å². The molecule has 2 amide bonds. The molecule has 1 N–H and O–H groups in total. The molecule has 0 spiro atoms. The second-order valence-electron chi connectivity index (χ2n) is 6.64. The van der Waals surface area contributed by atoms with E-state index < -0.39 is 16.7 Å². The standard InChI is InChI=1S/C21H21N3O6/c1-4-13(2)30-19-17(24(27)28)11-14(12-18(19)29-3)10-16-20(25)22-23(21(16)26)15-8-6-5-7-9-15/h5-13H,4H2,1-3H3,(H,22,25)/b16-10-/t13-/m1/s1. The van der Waals surface area contributed by atoms with Gasteiger partial charge in [0.25, 0.3) is 11.8 Å². The highest BCUT2D eigenvalue weighted by molar-refractivity contribution is 6.31. The van der Waals surface area contributed by atoms with Crippen LogP contribution in [0.15, 0.2) is 48.0 Å². The topological polar surface area (TPSA) is 111 Å². The normalized spacial score (nSPS) is 15.8. The molecule has 0 radical (unpaired) electrons. The van der Waals surface area contributed by atoms with Crippen LogP contribution < -0.4 is 19.9 Å². The summed E-state index contributed by atoms with van der Waals surface area (Å²) in [5.74, 6) is -1.02. The van der Waals surface area contributed by atoms with Gasteiger partial charge in [-0.3, -0.25) is 25.1 Å².